The van der Waals surface area contributed by atoms with Crippen LogP contribution in [-0.2, 0) is 0 Å². The molecule has 1 heteroatoms. The molecule has 0 aromatic carbocycles. The summed E-state index contributed by atoms with van der Waals surface area (Å²) in [4.78, 5) is 0. The predicted octanol–water partition coefficient (Wildman–Crippen LogP) is 2.94. The number of hydrogen-bond donors (Lipinski definition) is 1. The lowest BCUT2D eigenvalue weighted by Gasteiger charge is -2.31. The van der Waals surface area contributed by atoms with E-state index in [4.69, 9.17) is 5.73 Å². The van der Waals surface area contributed by atoms with E-state index in [1.807, 2.05) is 0 Å². The van der Waals surface area contributed by atoms with E-state index in [1.165, 1.54) is 38.5 Å². The van der Waals surface area contributed by atoms with Crippen LogP contribution in [0, 0.1) is 11.8 Å². The molecular weight excluding hydrogens is 146 g/mol. The molecule has 0 spiro atoms. The number of hydrogen-bond acceptors (Lipinski definition) is 1. The first kappa shape index (κ1) is 10.0. The summed E-state index contributed by atoms with van der Waals surface area (Å²) in [5.74, 6) is 1.75. The molecule has 3 unspecified atom stereocenters. The van der Waals surface area contributed by atoms with E-state index in [9.17, 15) is 0 Å². The summed E-state index contributed by atoms with van der Waals surface area (Å²) < 4.78 is 0. The third-order valence-corrected chi connectivity index (χ3v) is 3.20. The van der Waals surface area contributed by atoms with Crippen molar-refractivity contribution >= 4 is 0 Å². The molecule has 1 aliphatic rings. The Morgan fingerprint density at radius 2 is 2.17 bits per heavy atom. The van der Waals surface area contributed by atoms with E-state index in [2.05, 4.69) is 13.8 Å². The van der Waals surface area contributed by atoms with E-state index in [0.717, 1.165) is 11.8 Å². The lowest BCUT2D eigenvalue weighted by molar-refractivity contribution is 0.239. The van der Waals surface area contributed by atoms with Gasteiger partial charge < -0.3 is 5.73 Å². The highest BCUT2D eigenvalue weighted by molar-refractivity contribution is 4.78. The standard InChI is InChI=1S/C11H23N/c1-3-5-11(12)10-7-4-6-9(2)8-10/h9-11H,3-8,12H2,1-2H3. The molecule has 0 amide bonds. The predicted molar refractivity (Wildman–Crippen MR) is 54.0 cm³/mol. The maximum Gasteiger partial charge on any atom is 0.00671 e. The first-order chi connectivity index (χ1) is 5.74. The van der Waals surface area contributed by atoms with Gasteiger partial charge in [0.05, 0.1) is 0 Å². The normalized spacial score (nSPS) is 33.2. The molecule has 1 nitrogen and oxygen atoms in total. The number of nitrogens with two attached hydrogens (primary N) is 1. The van der Waals surface area contributed by atoms with Crippen LogP contribution in [0.25, 0.3) is 0 Å². The van der Waals surface area contributed by atoms with Crippen LogP contribution in [0.4, 0.5) is 0 Å². The molecule has 0 heterocycles. The van der Waals surface area contributed by atoms with Crippen molar-refractivity contribution in [3.8, 4) is 0 Å². The molecule has 0 bridgehead atoms. The van der Waals surface area contributed by atoms with Gasteiger partial charge in [0.1, 0.15) is 0 Å². The SMILES string of the molecule is CCCC(N)C1CCCC(C)C1. The highest BCUT2D eigenvalue weighted by Gasteiger charge is 2.23. The summed E-state index contributed by atoms with van der Waals surface area (Å²) in [6.45, 7) is 4.59. The van der Waals surface area contributed by atoms with Gasteiger partial charge >= 0.3 is 0 Å². The molecule has 1 aliphatic carbocycles. The molecule has 0 radical (unpaired) electrons. The Morgan fingerprint density at radius 1 is 1.42 bits per heavy atom. The fourth-order valence-electron chi connectivity index (χ4n) is 2.44. The Kier molecular flexibility index (Phi) is 4.07. The van der Waals surface area contributed by atoms with Crippen LogP contribution in [-0.4, -0.2) is 6.04 Å². The van der Waals surface area contributed by atoms with Gasteiger partial charge in [-0.1, -0.05) is 33.1 Å². The van der Waals surface area contributed by atoms with Crippen molar-refractivity contribution in [2.75, 3.05) is 0 Å². The second kappa shape index (κ2) is 4.86. The van der Waals surface area contributed by atoms with Crippen LogP contribution in [0.3, 0.4) is 0 Å². The van der Waals surface area contributed by atoms with Crippen LogP contribution in [0.5, 0.6) is 0 Å². The number of rotatable bonds is 3. The van der Waals surface area contributed by atoms with E-state index >= 15 is 0 Å². The smallest absolute Gasteiger partial charge is 0.00671 e. The average Bonchev–Trinajstić information content (AvgIpc) is 2.05. The maximum atomic E-state index is 6.12. The fraction of sp³-hybridized carbons (Fsp3) is 1.00. The van der Waals surface area contributed by atoms with Gasteiger partial charge in [-0.3, -0.25) is 0 Å². The quantitative estimate of drug-likeness (QED) is 0.690. The molecule has 0 aromatic rings. The molecule has 1 rings (SSSR count). The lowest BCUT2D eigenvalue weighted by Crippen LogP contribution is -2.33. The van der Waals surface area contributed by atoms with Crippen molar-refractivity contribution in [1.29, 1.82) is 0 Å². The van der Waals surface area contributed by atoms with Gasteiger partial charge in [0, 0.05) is 6.04 Å². The summed E-state index contributed by atoms with van der Waals surface area (Å²) in [6, 6.07) is 0.484. The molecule has 2 N–H and O–H groups in total. The third-order valence-electron chi connectivity index (χ3n) is 3.20. The molecule has 72 valence electrons. The minimum Gasteiger partial charge on any atom is -0.327 e. The minimum absolute atomic E-state index is 0.484. The fourth-order valence-corrected chi connectivity index (χ4v) is 2.44. The molecule has 0 saturated heterocycles. The highest BCUT2D eigenvalue weighted by atomic mass is 14.6. The zero-order valence-corrected chi connectivity index (χ0v) is 8.55. The second-order valence-corrected chi connectivity index (χ2v) is 4.48. The second-order valence-electron chi connectivity index (χ2n) is 4.48. The summed E-state index contributed by atoms with van der Waals surface area (Å²) in [5, 5.41) is 0. The van der Waals surface area contributed by atoms with Crippen molar-refractivity contribution < 1.29 is 0 Å². The zero-order chi connectivity index (χ0) is 8.97. The summed E-state index contributed by atoms with van der Waals surface area (Å²) >= 11 is 0. The highest BCUT2D eigenvalue weighted by Crippen LogP contribution is 2.31. The Bertz CT molecular complexity index is 122. The van der Waals surface area contributed by atoms with Gasteiger partial charge in [0.2, 0.25) is 0 Å². The summed E-state index contributed by atoms with van der Waals surface area (Å²) in [6.07, 6.45) is 8.05. The topological polar surface area (TPSA) is 26.0 Å². The largest absolute Gasteiger partial charge is 0.327 e. The molecular formula is C11H23N. The van der Waals surface area contributed by atoms with Gasteiger partial charge in [-0.15, -0.1) is 0 Å². The van der Waals surface area contributed by atoms with Crippen molar-refractivity contribution in [3.63, 3.8) is 0 Å². The van der Waals surface area contributed by atoms with Gasteiger partial charge in [-0.2, -0.15) is 0 Å². The monoisotopic (exact) mass is 169 g/mol. The molecule has 1 fully saturated rings. The molecule has 0 aromatic heterocycles. The first-order valence-electron chi connectivity index (χ1n) is 5.49. The van der Waals surface area contributed by atoms with Gasteiger partial charge in [0.25, 0.3) is 0 Å². The van der Waals surface area contributed by atoms with Gasteiger partial charge in [-0.25, -0.2) is 0 Å². The first-order valence-corrected chi connectivity index (χ1v) is 5.49. The van der Waals surface area contributed by atoms with Crippen LogP contribution in [0.1, 0.15) is 52.4 Å². The Hall–Kier alpha value is -0.0400. The summed E-state index contributed by atoms with van der Waals surface area (Å²) in [7, 11) is 0. The lowest BCUT2D eigenvalue weighted by atomic mass is 9.78. The van der Waals surface area contributed by atoms with Crippen LogP contribution in [0.2, 0.25) is 0 Å². The summed E-state index contributed by atoms with van der Waals surface area (Å²) in [5.41, 5.74) is 6.12. The molecule has 3 atom stereocenters. The Labute approximate surface area is 76.7 Å². The average molecular weight is 169 g/mol. The van der Waals surface area contributed by atoms with E-state index in [0.29, 0.717) is 6.04 Å². The van der Waals surface area contributed by atoms with Crippen LogP contribution >= 0.6 is 0 Å². The Morgan fingerprint density at radius 3 is 2.75 bits per heavy atom. The van der Waals surface area contributed by atoms with Crippen molar-refractivity contribution in [2.45, 2.75) is 58.4 Å². The van der Waals surface area contributed by atoms with Crippen molar-refractivity contribution in [1.82, 2.24) is 0 Å². The van der Waals surface area contributed by atoms with E-state index < -0.39 is 0 Å². The zero-order valence-electron chi connectivity index (χ0n) is 8.55. The van der Waals surface area contributed by atoms with E-state index in [1.54, 1.807) is 0 Å². The molecule has 1 saturated carbocycles. The minimum atomic E-state index is 0.484. The van der Waals surface area contributed by atoms with Gasteiger partial charge in [0.15, 0.2) is 0 Å². The molecule has 0 aliphatic heterocycles. The van der Waals surface area contributed by atoms with Crippen LogP contribution in [0.15, 0.2) is 0 Å². The van der Waals surface area contributed by atoms with Crippen LogP contribution < -0.4 is 5.73 Å². The maximum absolute atomic E-state index is 6.12. The van der Waals surface area contributed by atoms with Crippen molar-refractivity contribution in [3.05, 3.63) is 0 Å². The Balaban J connectivity index is 2.29. The van der Waals surface area contributed by atoms with Crippen molar-refractivity contribution in [2.24, 2.45) is 17.6 Å². The third kappa shape index (κ3) is 2.78. The van der Waals surface area contributed by atoms with Gasteiger partial charge in [-0.05, 0) is 31.1 Å². The molecule has 12 heavy (non-hydrogen) atoms. The van der Waals surface area contributed by atoms with E-state index in [-0.39, 0.29) is 0 Å².